The zero-order chi connectivity index (χ0) is 13.2. The van der Waals surface area contributed by atoms with Crippen molar-refractivity contribution in [2.24, 2.45) is 5.73 Å². The van der Waals surface area contributed by atoms with Gasteiger partial charge in [-0.3, -0.25) is 0 Å². The van der Waals surface area contributed by atoms with Crippen molar-refractivity contribution in [3.8, 4) is 0 Å². The highest BCUT2D eigenvalue weighted by molar-refractivity contribution is 7.09. The number of halogens is 1. The van der Waals surface area contributed by atoms with Crippen molar-refractivity contribution in [1.82, 2.24) is 0 Å². The maximum atomic E-state index is 14.2. The van der Waals surface area contributed by atoms with E-state index < -0.39 is 0 Å². The molecule has 19 heavy (non-hydrogen) atoms. The molecule has 1 saturated carbocycles. The van der Waals surface area contributed by atoms with Crippen molar-refractivity contribution in [2.45, 2.75) is 32.0 Å². The van der Waals surface area contributed by atoms with E-state index >= 15 is 0 Å². The van der Waals surface area contributed by atoms with E-state index in [2.05, 4.69) is 16.3 Å². The smallest absolute Gasteiger partial charge is 0.146 e. The van der Waals surface area contributed by atoms with Crippen molar-refractivity contribution in [3.05, 3.63) is 52.0 Å². The average Bonchev–Trinajstić information content (AvgIpc) is 3.14. The number of nitrogens with zero attached hydrogens (tertiary/aromatic N) is 1. The van der Waals surface area contributed by atoms with Gasteiger partial charge in [0.1, 0.15) is 5.82 Å². The maximum Gasteiger partial charge on any atom is 0.146 e. The van der Waals surface area contributed by atoms with Gasteiger partial charge in [-0.05, 0) is 35.9 Å². The van der Waals surface area contributed by atoms with E-state index in [1.807, 2.05) is 12.1 Å². The first-order valence-corrected chi connectivity index (χ1v) is 7.44. The molecule has 3 rings (SSSR count). The standard InChI is InChI=1S/C15H17FN2S/c16-14-5-1-3-11(9-17)15(14)18(12-6-7-12)10-13-4-2-8-19-13/h1-5,8,12H,6-7,9-10,17H2. The molecular weight excluding hydrogens is 259 g/mol. The van der Waals surface area contributed by atoms with Crippen LogP contribution in [0, 0.1) is 5.82 Å². The van der Waals surface area contributed by atoms with Gasteiger partial charge in [0.25, 0.3) is 0 Å². The molecule has 0 unspecified atom stereocenters. The fourth-order valence-corrected chi connectivity index (χ4v) is 3.10. The highest BCUT2D eigenvalue weighted by atomic mass is 32.1. The molecule has 1 aliphatic rings. The Hall–Kier alpha value is -1.39. The van der Waals surface area contributed by atoms with E-state index in [1.54, 1.807) is 17.4 Å². The van der Waals surface area contributed by atoms with E-state index in [9.17, 15) is 4.39 Å². The van der Waals surface area contributed by atoms with Crippen LogP contribution in [0.5, 0.6) is 0 Å². The van der Waals surface area contributed by atoms with Crippen LogP contribution in [0.3, 0.4) is 0 Å². The number of hydrogen-bond acceptors (Lipinski definition) is 3. The Morgan fingerprint density at radius 2 is 2.11 bits per heavy atom. The molecule has 0 amide bonds. The molecule has 0 atom stereocenters. The van der Waals surface area contributed by atoms with Crippen molar-refractivity contribution < 1.29 is 4.39 Å². The third kappa shape index (κ3) is 2.65. The topological polar surface area (TPSA) is 29.3 Å². The van der Waals surface area contributed by atoms with Crippen LogP contribution in [0.4, 0.5) is 10.1 Å². The first-order valence-electron chi connectivity index (χ1n) is 6.56. The summed E-state index contributed by atoms with van der Waals surface area (Å²) in [6.07, 6.45) is 2.29. The monoisotopic (exact) mass is 276 g/mol. The van der Waals surface area contributed by atoms with Gasteiger partial charge < -0.3 is 10.6 Å². The predicted octanol–water partition coefficient (Wildman–Crippen LogP) is 3.51. The summed E-state index contributed by atoms with van der Waals surface area (Å²) in [6.45, 7) is 1.15. The fourth-order valence-electron chi connectivity index (χ4n) is 2.39. The Morgan fingerprint density at radius 3 is 2.74 bits per heavy atom. The zero-order valence-corrected chi connectivity index (χ0v) is 11.5. The molecule has 0 radical (unpaired) electrons. The average molecular weight is 276 g/mol. The number of para-hydroxylation sites is 1. The van der Waals surface area contributed by atoms with Crippen LogP contribution in [-0.2, 0) is 13.1 Å². The molecule has 0 aliphatic heterocycles. The molecule has 2 N–H and O–H groups in total. The van der Waals surface area contributed by atoms with Crippen LogP contribution in [0.1, 0.15) is 23.3 Å². The highest BCUT2D eigenvalue weighted by Crippen LogP contribution is 2.36. The van der Waals surface area contributed by atoms with Crippen LogP contribution < -0.4 is 10.6 Å². The zero-order valence-electron chi connectivity index (χ0n) is 10.7. The number of benzene rings is 1. The quantitative estimate of drug-likeness (QED) is 0.905. The van der Waals surface area contributed by atoms with E-state index in [0.29, 0.717) is 18.3 Å². The normalized spacial score (nSPS) is 14.6. The highest BCUT2D eigenvalue weighted by Gasteiger charge is 2.32. The molecule has 1 fully saturated rings. The molecule has 1 heterocycles. The largest absolute Gasteiger partial charge is 0.361 e. The summed E-state index contributed by atoms with van der Waals surface area (Å²) in [7, 11) is 0. The van der Waals surface area contributed by atoms with Gasteiger partial charge in [0.15, 0.2) is 0 Å². The second-order valence-electron chi connectivity index (χ2n) is 4.89. The van der Waals surface area contributed by atoms with Crippen molar-refractivity contribution in [2.75, 3.05) is 4.90 Å². The van der Waals surface area contributed by atoms with Crippen LogP contribution in [0.2, 0.25) is 0 Å². The number of rotatable bonds is 5. The van der Waals surface area contributed by atoms with E-state index in [0.717, 1.165) is 24.9 Å². The summed E-state index contributed by atoms with van der Waals surface area (Å²) >= 11 is 1.72. The van der Waals surface area contributed by atoms with Crippen LogP contribution in [0.25, 0.3) is 0 Å². The Morgan fingerprint density at radius 1 is 1.26 bits per heavy atom. The van der Waals surface area contributed by atoms with Crippen LogP contribution >= 0.6 is 11.3 Å². The van der Waals surface area contributed by atoms with Gasteiger partial charge >= 0.3 is 0 Å². The molecular formula is C15H17FN2S. The number of anilines is 1. The van der Waals surface area contributed by atoms with Gasteiger partial charge in [-0.15, -0.1) is 11.3 Å². The first-order chi connectivity index (χ1) is 9.29. The molecule has 2 aromatic rings. The minimum absolute atomic E-state index is 0.161. The molecule has 1 aromatic heterocycles. The van der Waals surface area contributed by atoms with Gasteiger partial charge in [0.05, 0.1) is 12.2 Å². The van der Waals surface area contributed by atoms with Crippen molar-refractivity contribution in [1.29, 1.82) is 0 Å². The third-order valence-electron chi connectivity index (χ3n) is 3.47. The molecule has 2 nitrogen and oxygen atoms in total. The molecule has 0 spiro atoms. The van der Waals surface area contributed by atoms with E-state index in [1.165, 1.54) is 10.9 Å². The SMILES string of the molecule is NCc1cccc(F)c1N(Cc1cccs1)C1CC1. The van der Waals surface area contributed by atoms with Crippen LogP contribution in [-0.4, -0.2) is 6.04 Å². The number of hydrogen-bond donors (Lipinski definition) is 1. The summed E-state index contributed by atoms with van der Waals surface area (Å²) in [5.41, 5.74) is 7.35. The Labute approximate surface area is 116 Å². The summed E-state index contributed by atoms with van der Waals surface area (Å²) in [5, 5.41) is 2.06. The maximum absolute atomic E-state index is 14.2. The molecule has 1 aliphatic carbocycles. The first kappa shape index (κ1) is 12.6. The second-order valence-corrected chi connectivity index (χ2v) is 5.92. The lowest BCUT2D eigenvalue weighted by atomic mass is 10.1. The molecule has 0 bridgehead atoms. The number of nitrogens with two attached hydrogens (primary N) is 1. The Balaban J connectivity index is 1.96. The summed E-state index contributed by atoms with van der Waals surface area (Å²) in [5.74, 6) is -0.161. The third-order valence-corrected chi connectivity index (χ3v) is 4.33. The predicted molar refractivity (Wildman–Crippen MR) is 77.8 cm³/mol. The van der Waals surface area contributed by atoms with E-state index in [-0.39, 0.29) is 5.82 Å². The van der Waals surface area contributed by atoms with E-state index in [4.69, 9.17) is 5.73 Å². The Bertz CT molecular complexity index is 549. The van der Waals surface area contributed by atoms with Gasteiger partial charge in [0.2, 0.25) is 0 Å². The minimum atomic E-state index is -0.161. The molecule has 4 heteroatoms. The van der Waals surface area contributed by atoms with Gasteiger partial charge in [-0.1, -0.05) is 18.2 Å². The fraction of sp³-hybridized carbons (Fsp3) is 0.333. The summed E-state index contributed by atoms with van der Waals surface area (Å²) in [4.78, 5) is 3.45. The number of thiophene rings is 1. The Kier molecular flexibility index (Phi) is 3.53. The molecule has 100 valence electrons. The van der Waals surface area contributed by atoms with Crippen molar-refractivity contribution in [3.63, 3.8) is 0 Å². The van der Waals surface area contributed by atoms with Gasteiger partial charge in [0, 0.05) is 17.5 Å². The molecule has 0 saturated heterocycles. The van der Waals surface area contributed by atoms with Crippen molar-refractivity contribution >= 4 is 17.0 Å². The van der Waals surface area contributed by atoms with Gasteiger partial charge in [-0.2, -0.15) is 0 Å². The summed E-state index contributed by atoms with van der Waals surface area (Å²) in [6, 6.07) is 9.78. The lowest BCUT2D eigenvalue weighted by Gasteiger charge is -2.27. The second kappa shape index (κ2) is 5.31. The lowest BCUT2D eigenvalue weighted by molar-refractivity contribution is 0.612. The van der Waals surface area contributed by atoms with Gasteiger partial charge in [-0.25, -0.2) is 4.39 Å². The molecule has 1 aromatic carbocycles. The summed E-state index contributed by atoms with van der Waals surface area (Å²) < 4.78 is 14.2. The lowest BCUT2D eigenvalue weighted by Crippen LogP contribution is -2.27. The minimum Gasteiger partial charge on any atom is -0.361 e. The van der Waals surface area contributed by atoms with Crippen LogP contribution in [0.15, 0.2) is 35.7 Å².